The van der Waals surface area contributed by atoms with E-state index in [4.69, 9.17) is 10.00 Å². The monoisotopic (exact) mass is 272 g/mol. The zero-order valence-corrected chi connectivity index (χ0v) is 11.8. The van der Waals surface area contributed by atoms with Crippen molar-refractivity contribution >= 4 is 5.91 Å². The highest BCUT2D eigenvalue weighted by molar-refractivity contribution is 5.77. The molecular weight excluding hydrogens is 252 g/mol. The van der Waals surface area contributed by atoms with Gasteiger partial charge in [0.1, 0.15) is 5.75 Å². The Kier molecular flexibility index (Phi) is 5.00. The molecule has 1 N–H and O–H groups in total. The second-order valence-electron chi connectivity index (χ2n) is 5.46. The summed E-state index contributed by atoms with van der Waals surface area (Å²) in [5.41, 5.74) is 0.581. The molecule has 1 fully saturated rings. The van der Waals surface area contributed by atoms with Crippen LogP contribution in [-0.2, 0) is 4.79 Å². The van der Waals surface area contributed by atoms with E-state index in [0.717, 1.165) is 12.8 Å². The van der Waals surface area contributed by atoms with Crippen LogP contribution in [-0.4, -0.2) is 18.6 Å². The lowest BCUT2D eigenvalue weighted by atomic mass is 9.87. The van der Waals surface area contributed by atoms with Gasteiger partial charge >= 0.3 is 0 Å². The summed E-state index contributed by atoms with van der Waals surface area (Å²) in [6, 6.07) is 9.09. The van der Waals surface area contributed by atoms with Crippen molar-refractivity contribution in [3.05, 3.63) is 29.8 Å². The van der Waals surface area contributed by atoms with E-state index in [0.29, 0.717) is 17.2 Å². The van der Waals surface area contributed by atoms with Gasteiger partial charge in [-0.05, 0) is 43.0 Å². The first kappa shape index (κ1) is 14.4. The standard InChI is InChI=1S/C16H20N2O2/c1-12-3-2-4-14(9-12)18-16(19)11-20-15-7-5-13(10-17)6-8-15/h5-8,12,14H,2-4,9,11H2,1H3,(H,18,19). The first-order valence-corrected chi connectivity index (χ1v) is 7.09. The van der Waals surface area contributed by atoms with Crippen LogP contribution in [0.5, 0.6) is 5.75 Å². The first-order valence-electron chi connectivity index (χ1n) is 7.09. The summed E-state index contributed by atoms with van der Waals surface area (Å²) in [5, 5.41) is 11.7. The fourth-order valence-electron chi connectivity index (χ4n) is 2.61. The lowest BCUT2D eigenvalue weighted by Gasteiger charge is -2.27. The molecule has 2 atom stereocenters. The zero-order chi connectivity index (χ0) is 14.4. The number of carbonyl (C=O) groups is 1. The van der Waals surface area contributed by atoms with Gasteiger partial charge in [0, 0.05) is 6.04 Å². The van der Waals surface area contributed by atoms with E-state index < -0.39 is 0 Å². The summed E-state index contributed by atoms with van der Waals surface area (Å²) < 4.78 is 5.41. The number of nitrogens with zero attached hydrogens (tertiary/aromatic N) is 1. The van der Waals surface area contributed by atoms with Crippen LogP contribution in [0.2, 0.25) is 0 Å². The molecule has 2 rings (SSSR count). The Morgan fingerprint density at radius 1 is 1.40 bits per heavy atom. The number of nitriles is 1. The first-order chi connectivity index (χ1) is 9.67. The Hall–Kier alpha value is -2.02. The Balaban J connectivity index is 1.75. The highest BCUT2D eigenvalue weighted by atomic mass is 16.5. The lowest BCUT2D eigenvalue weighted by Crippen LogP contribution is -2.40. The van der Waals surface area contributed by atoms with Crippen molar-refractivity contribution in [1.29, 1.82) is 5.26 Å². The quantitative estimate of drug-likeness (QED) is 0.916. The molecule has 1 aliphatic carbocycles. The van der Waals surface area contributed by atoms with Gasteiger partial charge in [-0.25, -0.2) is 0 Å². The number of hydrogen-bond donors (Lipinski definition) is 1. The normalized spacial score (nSPS) is 21.8. The predicted octanol–water partition coefficient (Wildman–Crippen LogP) is 2.63. The number of hydrogen-bond acceptors (Lipinski definition) is 3. The van der Waals surface area contributed by atoms with E-state index in [1.807, 2.05) is 6.07 Å². The molecule has 0 heterocycles. The minimum atomic E-state index is -0.0755. The van der Waals surface area contributed by atoms with Crippen LogP contribution in [0.3, 0.4) is 0 Å². The van der Waals surface area contributed by atoms with Crippen LogP contribution in [0.15, 0.2) is 24.3 Å². The molecule has 0 aromatic heterocycles. The molecule has 4 nitrogen and oxygen atoms in total. The molecule has 1 amide bonds. The fraction of sp³-hybridized carbons (Fsp3) is 0.500. The number of benzene rings is 1. The number of ether oxygens (including phenoxy) is 1. The molecule has 0 radical (unpaired) electrons. The van der Waals surface area contributed by atoms with Crippen LogP contribution in [0, 0.1) is 17.2 Å². The summed E-state index contributed by atoms with van der Waals surface area (Å²) in [7, 11) is 0. The third-order valence-corrected chi connectivity index (χ3v) is 3.65. The second kappa shape index (κ2) is 6.95. The molecule has 2 unspecified atom stereocenters. The smallest absolute Gasteiger partial charge is 0.258 e. The van der Waals surface area contributed by atoms with Gasteiger partial charge in [-0.15, -0.1) is 0 Å². The van der Waals surface area contributed by atoms with Crippen LogP contribution < -0.4 is 10.1 Å². The van der Waals surface area contributed by atoms with E-state index in [1.54, 1.807) is 24.3 Å². The highest BCUT2D eigenvalue weighted by Crippen LogP contribution is 2.23. The zero-order valence-electron chi connectivity index (χ0n) is 11.8. The van der Waals surface area contributed by atoms with Crippen molar-refractivity contribution in [3.8, 4) is 11.8 Å². The van der Waals surface area contributed by atoms with Crippen molar-refractivity contribution in [3.63, 3.8) is 0 Å². The van der Waals surface area contributed by atoms with Crippen molar-refractivity contribution in [2.24, 2.45) is 5.92 Å². The maximum absolute atomic E-state index is 11.8. The van der Waals surface area contributed by atoms with Gasteiger partial charge in [0.25, 0.3) is 5.91 Å². The SMILES string of the molecule is CC1CCCC(NC(=O)COc2ccc(C#N)cc2)C1. The van der Waals surface area contributed by atoms with E-state index in [9.17, 15) is 4.79 Å². The molecular formula is C16H20N2O2. The molecule has 1 saturated carbocycles. The van der Waals surface area contributed by atoms with Gasteiger partial charge < -0.3 is 10.1 Å². The Morgan fingerprint density at radius 3 is 2.80 bits per heavy atom. The molecule has 1 aromatic carbocycles. The van der Waals surface area contributed by atoms with Gasteiger partial charge in [-0.2, -0.15) is 5.26 Å². The third-order valence-electron chi connectivity index (χ3n) is 3.65. The minimum absolute atomic E-state index is 0.0246. The van der Waals surface area contributed by atoms with Gasteiger partial charge in [-0.1, -0.05) is 19.8 Å². The summed E-state index contributed by atoms with van der Waals surface area (Å²) in [6.45, 7) is 2.25. The molecule has 106 valence electrons. The number of rotatable bonds is 4. The summed E-state index contributed by atoms with van der Waals surface area (Å²) in [6.07, 6.45) is 4.56. The molecule has 0 bridgehead atoms. The maximum Gasteiger partial charge on any atom is 0.258 e. The average Bonchev–Trinajstić information content (AvgIpc) is 2.46. The Morgan fingerprint density at radius 2 is 2.15 bits per heavy atom. The molecule has 4 heteroatoms. The van der Waals surface area contributed by atoms with Gasteiger partial charge in [0.05, 0.1) is 11.6 Å². The van der Waals surface area contributed by atoms with Crippen LogP contribution in [0.4, 0.5) is 0 Å². The minimum Gasteiger partial charge on any atom is -0.484 e. The molecule has 1 aromatic rings. The molecule has 0 aliphatic heterocycles. The number of carbonyl (C=O) groups excluding carboxylic acids is 1. The third kappa shape index (κ3) is 4.27. The maximum atomic E-state index is 11.8. The number of nitrogens with one attached hydrogen (secondary N) is 1. The van der Waals surface area contributed by atoms with E-state index >= 15 is 0 Å². The van der Waals surface area contributed by atoms with E-state index in [1.165, 1.54) is 12.8 Å². The number of amides is 1. The van der Waals surface area contributed by atoms with Crippen molar-refractivity contribution in [2.45, 2.75) is 38.6 Å². The van der Waals surface area contributed by atoms with E-state index in [-0.39, 0.29) is 18.6 Å². The average molecular weight is 272 g/mol. The van der Waals surface area contributed by atoms with Gasteiger partial charge in [0.15, 0.2) is 6.61 Å². The molecule has 20 heavy (non-hydrogen) atoms. The van der Waals surface area contributed by atoms with Crippen LogP contribution in [0.25, 0.3) is 0 Å². The van der Waals surface area contributed by atoms with E-state index in [2.05, 4.69) is 12.2 Å². The highest BCUT2D eigenvalue weighted by Gasteiger charge is 2.20. The Labute approximate surface area is 119 Å². The summed E-state index contributed by atoms with van der Waals surface area (Å²) >= 11 is 0. The Bertz CT molecular complexity index is 490. The molecule has 1 aliphatic rings. The van der Waals surface area contributed by atoms with Crippen molar-refractivity contribution in [1.82, 2.24) is 5.32 Å². The molecule has 0 saturated heterocycles. The van der Waals surface area contributed by atoms with Crippen molar-refractivity contribution < 1.29 is 9.53 Å². The van der Waals surface area contributed by atoms with Gasteiger partial charge in [0.2, 0.25) is 0 Å². The van der Waals surface area contributed by atoms with Gasteiger partial charge in [-0.3, -0.25) is 4.79 Å². The van der Waals surface area contributed by atoms with Crippen LogP contribution >= 0.6 is 0 Å². The van der Waals surface area contributed by atoms with Crippen molar-refractivity contribution in [2.75, 3.05) is 6.61 Å². The summed E-state index contributed by atoms with van der Waals surface area (Å²) in [4.78, 5) is 11.8. The van der Waals surface area contributed by atoms with Crippen LogP contribution in [0.1, 0.15) is 38.2 Å². The fourth-order valence-corrected chi connectivity index (χ4v) is 2.61. The second-order valence-corrected chi connectivity index (χ2v) is 5.46. The molecule has 0 spiro atoms. The topological polar surface area (TPSA) is 62.1 Å². The summed E-state index contributed by atoms with van der Waals surface area (Å²) in [5.74, 6) is 1.22. The largest absolute Gasteiger partial charge is 0.484 e. The lowest BCUT2D eigenvalue weighted by molar-refractivity contribution is -0.124. The predicted molar refractivity (Wildman–Crippen MR) is 76.2 cm³/mol.